The van der Waals surface area contributed by atoms with Crippen LogP contribution in [0.5, 0.6) is 0 Å². The third-order valence-electron chi connectivity index (χ3n) is 3.82. The molecule has 1 atom stereocenters. The number of hydrogen-bond acceptors (Lipinski definition) is 8. The number of nitrogen functional groups attached to an aromatic ring is 1. The number of aromatic nitrogens is 6. The molecule has 3 rings (SSSR count). The molecule has 8 nitrogen and oxygen atoms in total. The predicted octanol–water partition coefficient (Wildman–Crippen LogP) is 2.42. The lowest BCUT2D eigenvalue weighted by Crippen LogP contribution is -2.16. The van der Waals surface area contributed by atoms with E-state index in [0.717, 1.165) is 11.0 Å². The molecule has 1 saturated carbocycles. The molecular formula is C15H24N8S. The van der Waals surface area contributed by atoms with Gasteiger partial charge in [-0.3, -0.25) is 0 Å². The van der Waals surface area contributed by atoms with Crippen LogP contribution >= 0.6 is 11.8 Å². The van der Waals surface area contributed by atoms with Crippen molar-refractivity contribution in [3.63, 3.8) is 0 Å². The van der Waals surface area contributed by atoms with Crippen LogP contribution in [0.2, 0.25) is 0 Å². The van der Waals surface area contributed by atoms with E-state index in [1.807, 2.05) is 19.0 Å². The van der Waals surface area contributed by atoms with Crippen LogP contribution in [0.25, 0.3) is 0 Å². The first-order valence-electron chi connectivity index (χ1n) is 8.17. The Morgan fingerprint density at radius 3 is 2.42 bits per heavy atom. The minimum absolute atomic E-state index is 0.00992. The lowest BCUT2D eigenvalue weighted by atomic mass is 10.2. The van der Waals surface area contributed by atoms with E-state index < -0.39 is 0 Å². The molecule has 9 heteroatoms. The van der Waals surface area contributed by atoms with Crippen LogP contribution in [-0.4, -0.2) is 43.8 Å². The van der Waals surface area contributed by atoms with E-state index in [4.69, 9.17) is 5.73 Å². The van der Waals surface area contributed by atoms with Gasteiger partial charge in [-0.2, -0.15) is 15.0 Å². The summed E-state index contributed by atoms with van der Waals surface area (Å²) in [7, 11) is 3.77. The molecule has 0 aromatic carbocycles. The Bertz CT molecular complexity index is 722. The van der Waals surface area contributed by atoms with E-state index in [2.05, 4.69) is 50.5 Å². The van der Waals surface area contributed by atoms with Gasteiger partial charge in [0, 0.05) is 26.1 Å². The molecule has 0 amide bonds. The molecule has 24 heavy (non-hydrogen) atoms. The highest BCUT2D eigenvalue weighted by Gasteiger charge is 2.31. The molecule has 0 bridgehead atoms. The van der Waals surface area contributed by atoms with Crippen molar-refractivity contribution in [2.24, 2.45) is 0 Å². The van der Waals surface area contributed by atoms with Gasteiger partial charge in [-0.1, -0.05) is 25.6 Å². The van der Waals surface area contributed by atoms with E-state index in [1.54, 1.807) is 11.8 Å². The largest absolute Gasteiger partial charge is 0.368 e. The SMILES string of the molecule is CC(C)c1nnc(SC(C)c2nc(N)nc(N(C)C)n2)n1C1CC1. The Kier molecular flexibility index (Phi) is 4.62. The zero-order chi connectivity index (χ0) is 17.4. The Morgan fingerprint density at radius 1 is 1.12 bits per heavy atom. The first kappa shape index (κ1) is 16.9. The summed E-state index contributed by atoms with van der Waals surface area (Å²) in [6, 6.07) is 0.535. The molecule has 1 aliphatic carbocycles. The Morgan fingerprint density at radius 2 is 1.83 bits per heavy atom. The molecule has 2 heterocycles. The van der Waals surface area contributed by atoms with Crippen LogP contribution in [0.4, 0.5) is 11.9 Å². The number of anilines is 2. The van der Waals surface area contributed by atoms with Gasteiger partial charge in [-0.05, 0) is 19.8 Å². The molecule has 2 aromatic rings. The van der Waals surface area contributed by atoms with Crippen molar-refractivity contribution in [1.29, 1.82) is 0 Å². The van der Waals surface area contributed by atoms with Gasteiger partial charge in [0.1, 0.15) is 11.6 Å². The van der Waals surface area contributed by atoms with Gasteiger partial charge in [-0.25, -0.2) is 0 Å². The summed E-state index contributed by atoms with van der Waals surface area (Å²) < 4.78 is 2.28. The van der Waals surface area contributed by atoms with Crippen LogP contribution in [0.1, 0.15) is 62.5 Å². The number of nitrogens with zero attached hydrogens (tertiary/aromatic N) is 7. The summed E-state index contributed by atoms with van der Waals surface area (Å²) in [5.41, 5.74) is 5.83. The van der Waals surface area contributed by atoms with Gasteiger partial charge in [-0.15, -0.1) is 10.2 Å². The van der Waals surface area contributed by atoms with Gasteiger partial charge < -0.3 is 15.2 Å². The summed E-state index contributed by atoms with van der Waals surface area (Å²) in [5, 5.41) is 9.74. The fourth-order valence-corrected chi connectivity index (χ4v) is 3.40. The normalized spacial score (nSPS) is 15.8. The molecule has 2 N–H and O–H groups in total. The van der Waals surface area contributed by atoms with Crippen LogP contribution in [-0.2, 0) is 0 Å². The van der Waals surface area contributed by atoms with Crippen molar-refractivity contribution in [2.75, 3.05) is 24.7 Å². The first-order valence-corrected chi connectivity index (χ1v) is 9.05. The van der Waals surface area contributed by atoms with Crippen LogP contribution in [0.15, 0.2) is 5.16 Å². The van der Waals surface area contributed by atoms with Crippen molar-refractivity contribution < 1.29 is 0 Å². The maximum absolute atomic E-state index is 5.83. The highest BCUT2D eigenvalue weighted by atomic mass is 32.2. The monoisotopic (exact) mass is 348 g/mol. The van der Waals surface area contributed by atoms with Crippen LogP contribution in [0.3, 0.4) is 0 Å². The minimum Gasteiger partial charge on any atom is -0.368 e. The summed E-state index contributed by atoms with van der Waals surface area (Å²) in [4.78, 5) is 14.8. The second-order valence-corrected chi connectivity index (χ2v) is 7.91. The molecule has 0 radical (unpaired) electrons. The number of hydrogen-bond donors (Lipinski definition) is 1. The van der Waals surface area contributed by atoms with Crippen molar-refractivity contribution in [2.45, 2.75) is 56.0 Å². The molecule has 1 aliphatic rings. The van der Waals surface area contributed by atoms with Gasteiger partial charge in [0.2, 0.25) is 11.9 Å². The lowest BCUT2D eigenvalue weighted by molar-refractivity contribution is 0.598. The topological polar surface area (TPSA) is 98.6 Å². The van der Waals surface area contributed by atoms with Gasteiger partial charge >= 0.3 is 0 Å². The summed E-state index contributed by atoms with van der Waals surface area (Å²) in [5.74, 6) is 2.87. The van der Waals surface area contributed by atoms with E-state index in [9.17, 15) is 0 Å². The van der Waals surface area contributed by atoms with Gasteiger partial charge in [0.15, 0.2) is 5.16 Å². The quantitative estimate of drug-likeness (QED) is 0.795. The minimum atomic E-state index is 0.00992. The Labute approximate surface area is 146 Å². The fourth-order valence-electron chi connectivity index (χ4n) is 2.43. The van der Waals surface area contributed by atoms with E-state index >= 15 is 0 Å². The molecule has 0 spiro atoms. The second kappa shape index (κ2) is 6.54. The molecule has 2 aromatic heterocycles. The maximum atomic E-state index is 5.83. The number of nitrogens with two attached hydrogens (primary N) is 1. The molecule has 0 aliphatic heterocycles. The Balaban J connectivity index is 1.86. The summed E-state index contributed by atoms with van der Waals surface area (Å²) in [6.07, 6.45) is 2.40. The maximum Gasteiger partial charge on any atom is 0.229 e. The fraction of sp³-hybridized carbons (Fsp3) is 0.667. The van der Waals surface area contributed by atoms with E-state index in [0.29, 0.717) is 23.7 Å². The average molecular weight is 348 g/mol. The standard InChI is InChI=1S/C15H24N8S/c1-8(2)12-20-21-15(23(12)10-6-7-10)24-9(3)11-17-13(16)19-14(18-11)22(4)5/h8-10H,6-7H2,1-5H3,(H2,16,17,18,19). The third-order valence-corrected chi connectivity index (χ3v) is 4.88. The second-order valence-electron chi connectivity index (χ2n) is 6.60. The van der Waals surface area contributed by atoms with Crippen LogP contribution < -0.4 is 10.6 Å². The third kappa shape index (κ3) is 3.45. The average Bonchev–Trinajstić information content (AvgIpc) is 3.27. The van der Waals surface area contributed by atoms with Crippen LogP contribution in [0, 0.1) is 0 Å². The molecule has 1 fully saturated rings. The first-order chi connectivity index (χ1) is 11.4. The zero-order valence-corrected chi connectivity index (χ0v) is 15.6. The van der Waals surface area contributed by atoms with Crippen molar-refractivity contribution in [1.82, 2.24) is 29.7 Å². The predicted molar refractivity (Wildman–Crippen MR) is 95.2 cm³/mol. The van der Waals surface area contributed by atoms with Crippen molar-refractivity contribution in [3.8, 4) is 0 Å². The lowest BCUT2D eigenvalue weighted by Gasteiger charge is -2.15. The highest BCUT2D eigenvalue weighted by molar-refractivity contribution is 7.99. The van der Waals surface area contributed by atoms with Gasteiger partial charge in [0.25, 0.3) is 0 Å². The highest BCUT2D eigenvalue weighted by Crippen LogP contribution is 2.42. The van der Waals surface area contributed by atoms with Gasteiger partial charge in [0.05, 0.1) is 5.25 Å². The molecule has 130 valence electrons. The number of thioether (sulfide) groups is 1. The van der Waals surface area contributed by atoms with Crippen molar-refractivity contribution >= 4 is 23.7 Å². The molecule has 1 unspecified atom stereocenters. The summed E-state index contributed by atoms with van der Waals surface area (Å²) >= 11 is 1.62. The summed E-state index contributed by atoms with van der Waals surface area (Å²) in [6.45, 7) is 6.35. The molecular weight excluding hydrogens is 324 g/mol. The molecule has 0 saturated heterocycles. The van der Waals surface area contributed by atoms with Crippen molar-refractivity contribution in [3.05, 3.63) is 11.6 Å². The smallest absolute Gasteiger partial charge is 0.229 e. The number of rotatable bonds is 6. The van der Waals surface area contributed by atoms with E-state index in [1.165, 1.54) is 12.8 Å². The van der Waals surface area contributed by atoms with E-state index in [-0.39, 0.29) is 11.2 Å². The zero-order valence-electron chi connectivity index (χ0n) is 14.8. The Hall–Kier alpha value is -1.90.